The predicted octanol–water partition coefficient (Wildman–Crippen LogP) is 6.18. The zero-order valence-electron chi connectivity index (χ0n) is 19.7. The molecule has 1 aromatic heterocycles. The molecule has 2 aromatic rings. The number of unbranched alkanes of at least 4 members (excludes halogenated alkanes) is 3. The van der Waals surface area contributed by atoms with Gasteiger partial charge in [0.05, 0.1) is 12.1 Å². The first-order chi connectivity index (χ1) is 14.8. The zero-order valence-corrected chi connectivity index (χ0v) is 19.7. The lowest BCUT2D eigenvalue weighted by atomic mass is 9.92. The summed E-state index contributed by atoms with van der Waals surface area (Å²) in [6, 6.07) is 14.5. The SMILES string of the molecule is C=C(C)c1cccc(C(C)(C)NC(=O)OCCCCCC[n+]2ccccc2CCC)c1. The van der Waals surface area contributed by atoms with Crippen LogP contribution in [0.4, 0.5) is 4.79 Å². The number of carbonyl (C=O) groups is 1. The van der Waals surface area contributed by atoms with E-state index >= 15 is 0 Å². The Morgan fingerprint density at radius 3 is 2.61 bits per heavy atom. The van der Waals surface area contributed by atoms with Crippen molar-refractivity contribution in [3.05, 3.63) is 72.1 Å². The molecule has 1 aromatic carbocycles. The Morgan fingerprint density at radius 2 is 1.87 bits per heavy atom. The molecule has 0 aliphatic carbocycles. The molecule has 4 nitrogen and oxygen atoms in total. The van der Waals surface area contributed by atoms with Crippen molar-refractivity contribution in [2.24, 2.45) is 0 Å². The lowest BCUT2D eigenvalue weighted by molar-refractivity contribution is -0.704. The summed E-state index contributed by atoms with van der Waals surface area (Å²) in [6.45, 7) is 13.7. The number of carbonyl (C=O) groups excluding carboxylic acids is 1. The second kappa shape index (κ2) is 12.3. The van der Waals surface area contributed by atoms with Crippen molar-refractivity contribution >= 4 is 11.7 Å². The number of nitrogens with zero attached hydrogens (tertiary/aromatic N) is 1. The molecule has 1 N–H and O–H groups in total. The van der Waals surface area contributed by atoms with E-state index in [-0.39, 0.29) is 6.09 Å². The molecular formula is C27H39N2O2+. The number of pyridine rings is 1. The standard InChI is InChI=1S/C27H38N2O2/c1-6-14-25-17-9-11-19-29(25)18-10-7-8-12-20-31-26(30)28-27(4,5)24-16-13-15-23(21-24)22(2)3/h9,11,13,15-17,19,21H,2,6-8,10,12,14,18,20H2,1,3-5H3/p+1. The Kier molecular flexibility index (Phi) is 9.77. The van der Waals surface area contributed by atoms with Crippen molar-refractivity contribution in [1.82, 2.24) is 5.32 Å². The van der Waals surface area contributed by atoms with Crippen LogP contribution < -0.4 is 9.88 Å². The van der Waals surface area contributed by atoms with Crippen LogP contribution in [0, 0.1) is 0 Å². The number of rotatable bonds is 12. The molecule has 0 aliphatic rings. The van der Waals surface area contributed by atoms with Crippen molar-refractivity contribution in [1.29, 1.82) is 0 Å². The molecule has 0 spiro atoms. The van der Waals surface area contributed by atoms with E-state index in [2.05, 4.69) is 53.8 Å². The third-order valence-electron chi connectivity index (χ3n) is 5.56. The van der Waals surface area contributed by atoms with Crippen molar-refractivity contribution in [3.8, 4) is 0 Å². The van der Waals surface area contributed by atoms with E-state index in [1.54, 1.807) is 0 Å². The fraction of sp³-hybridized carbons (Fsp3) is 0.481. The predicted molar refractivity (Wildman–Crippen MR) is 128 cm³/mol. The Hall–Kier alpha value is -2.62. The third kappa shape index (κ3) is 8.20. The summed E-state index contributed by atoms with van der Waals surface area (Å²) in [5.74, 6) is 0. The number of aryl methyl sites for hydroxylation is 2. The van der Waals surface area contributed by atoms with E-state index in [1.165, 1.54) is 12.1 Å². The average Bonchev–Trinajstić information content (AvgIpc) is 2.74. The van der Waals surface area contributed by atoms with E-state index in [0.717, 1.165) is 55.3 Å². The van der Waals surface area contributed by atoms with Gasteiger partial charge in [0.2, 0.25) is 0 Å². The van der Waals surface area contributed by atoms with Crippen LogP contribution in [0.5, 0.6) is 0 Å². The van der Waals surface area contributed by atoms with Crippen LogP contribution in [-0.2, 0) is 23.2 Å². The van der Waals surface area contributed by atoms with Gasteiger partial charge < -0.3 is 10.1 Å². The monoisotopic (exact) mass is 423 g/mol. The molecule has 4 heteroatoms. The summed E-state index contributed by atoms with van der Waals surface area (Å²) in [4.78, 5) is 12.3. The van der Waals surface area contributed by atoms with Crippen LogP contribution in [0.3, 0.4) is 0 Å². The first-order valence-corrected chi connectivity index (χ1v) is 11.5. The minimum absolute atomic E-state index is 0.366. The average molecular weight is 424 g/mol. The number of hydrogen-bond donors (Lipinski definition) is 1. The quantitative estimate of drug-likeness (QED) is 0.327. The number of benzene rings is 1. The molecule has 31 heavy (non-hydrogen) atoms. The summed E-state index contributed by atoms with van der Waals surface area (Å²) < 4.78 is 7.78. The van der Waals surface area contributed by atoms with Crippen molar-refractivity contribution in [3.63, 3.8) is 0 Å². The van der Waals surface area contributed by atoms with Crippen LogP contribution in [-0.4, -0.2) is 12.7 Å². The lowest BCUT2D eigenvalue weighted by Crippen LogP contribution is -2.41. The second-order valence-electron chi connectivity index (χ2n) is 8.80. The highest BCUT2D eigenvalue weighted by molar-refractivity contribution is 5.69. The molecule has 1 amide bonds. The molecule has 0 fully saturated rings. The second-order valence-corrected chi connectivity index (χ2v) is 8.80. The van der Waals surface area contributed by atoms with Crippen molar-refractivity contribution in [2.45, 2.75) is 78.3 Å². The van der Waals surface area contributed by atoms with Gasteiger partial charge in [0, 0.05) is 25.0 Å². The maximum absolute atomic E-state index is 12.3. The van der Waals surface area contributed by atoms with Crippen LogP contribution in [0.2, 0.25) is 0 Å². The molecule has 0 bridgehead atoms. The minimum atomic E-state index is -0.508. The summed E-state index contributed by atoms with van der Waals surface area (Å²) in [6.07, 6.45) is 8.33. The Morgan fingerprint density at radius 1 is 1.10 bits per heavy atom. The number of hydrogen-bond acceptors (Lipinski definition) is 2. The van der Waals surface area contributed by atoms with E-state index in [4.69, 9.17) is 4.74 Å². The Labute approximate surface area is 188 Å². The fourth-order valence-corrected chi connectivity index (χ4v) is 3.65. The number of ether oxygens (including phenoxy) is 1. The van der Waals surface area contributed by atoms with Crippen LogP contribution in [0.1, 0.15) is 76.6 Å². The van der Waals surface area contributed by atoms with Crippen molar-refractivity contribution in [2.75, 3.05) is 6.61 Å². The molecule has 1 heterocycles. The largest absolute Gasteiger partial charge is 0.450 e. The smallest absolute Gasteiger partial charge is 0.407 e. The van der Waals surface area contributed by atoms with Gasteiger partial charge in [0.15, 0.2) is 11.9 Å². The van der Waals surface area contributed by atoms with Gasteiger partial charge in [-0.05, 0) is 63.6 Å². The molecule has 0 saturated heterocycles. The van der Waals surface area contributed by atoms with E-state index in [9.17, 15) is 4.79 Å². The molecular weight excluding hydrogens is 384 g/mol. The first kappa shape index (κ1) is 24.6. The van der Waals surface area contributed by atoms with E-state index in [1.807, 2.05) is 39.0 Å². The van der Waals surface area contributed by atoms with Crippen molar-refractivity contribution < 1.29 is 14.1 Å². The van der Waals surface area contributed by atoms with Gasteiger partial charge in [-0.3, -0.25) is 0 Å². The summed E-state index contributed by atoms with van der Waals surface area (Å²) in [5.41, 5.74) is 4.02. The Balaban J connectivity index is 1.67. The summed E-state index contributed by atoms with van der Waals surface area (Å²) in [7, 11) is 0. The molecule has 0 unspecified atom stereocenters. The highest BCUT2D eigenvalue weighted by Crippen LogP contribution is 2.23. The van der Waals surface area contributed by atoms with Gasteiger partial charge in [-0.25, -0.2) is 9.36 Å². The normalized spacial score (nSPS) is 11.2. The highest BCUT2D eigenvalue weighted by atomic mass is 16.5. The maximum Gasteiger partial charge on any atom is 0.407 e. The van der Waals surface area contributed by atoms with Gasteiger partial charge in [-0.15, -0.1) is 0 Å². The Bertz CT molecular complexity index is 858. The fourth-order valence-electron chi connectivity index (χ4n) is 3.65. The van der Waals surface area contributed by atoms with Gasteiger partial charge >= 0.3 is 6.09 Å². The minimum Gasteiger partial charge on any atom is -0.450 e. The molecule has 0 radical (unpaired) electrons. The number of alkyl carbamates (subject to hydrolysis) is 1. The van der Waals surface area contributed by atoms with E-state index < -0.39 is 5.54 Å². The maximum atomic E-state index is 12.3. The molecule has 2 rings (SSSR count). The number of aromatic nitrogens is 1. The molecule has 168 valence electrons. The van der Waals surface area contributed by atoms with Crippen LogP contribution >= 0.6 is 0 Å². The highest BCUT2D eigenvalue weighted by Gasteiger charge is 2.23. The summed E-state index contributed by atoms with van der Waals surface area (Å²) >= 11 is 0. The van der Waals surface area contributed by atoms with E-state index in [0.29, 0.717) is 6.61 Å². The van der Waals surface area contributed by atoms with Crippen LogP contribution in [0.25, 0.3) is 5.57 Å². The van der Waals surface area contributed by atoms with Gasteiger partial charge in [0.25, 0.3) is 0 Å². The lowest BCUT2D eigenvalue weighted by Gasteiger charge is -2.27. The molecule has 0 atom stereocenters. The van der Waals surface area contributed by atoms with Crippen LogP contribution in [0.15, 0.2) is 55.2 Å². The zero-order chi connectivity index (χ0) is 22.7. The number of allylic oxidation sites excluding steroid dienone is 1. The summed E-state index contributed by atoms with van der Waals surface area (Å²) in [5, 5.41) is 2.99. The first-order valence-electron chi connectivity index (χ1n) is 11.5. The molecule has 0 aliphatic heterocycles. The van der Waals surface area contributed by atoms with Gasteiger partial charge in [-0.2, -0.15) is 0 Å². The third-order valence-corrected chi connectivity index (χ3v) is 5.56. The molecule has 0 saturated carbocycles. The number of amides is 1. The number of nitrogens with one attached hydrogen (secondary N) is 1. The van der Waals surface area contributed by atoms with Gasteiger partial charge in [0.1, 0.15) is 6.54 Å². The topological polar surface area (TPSA) is 42.2 Å². The van der Waals surface area contributed by atoms with Gasteiger partial charge in [-0.1, -0.05) is 43.3 Å².